The number of hydrogen-bond acceptors (Lipinski definition) is 3. The lowest BCUT2D eigenvalue weighted by Gasteiger charge is -2.04. The molecule has 4 N–H and O–H groups in total. The summed E-state index contributed by atoms with van der Waals surface area (Å²) >= 11 is 5.58. The Kier molecular flexibility index (Phi) is 4.11. The minimum atomic E-state index is -0.401. The third-order valence-corrected chi connectivity index (χ3v) is 1.83. The fraction of sp³-hybridized carbons (Fsp3) is 0.250. The van der Waals surface area contributed by atoms with E-state index in [0.29, 0.717) is 13.2 Å². The Morgan fingerprint density at radius 1 is 1.46 bits per heavy atom. The fourth-order valence-electron chi connectivity index (χ4n) is 0.929. The molecule has 0 unspecified atom stereocenters. The first-order valence-corrected chi connectivity index (χ1v) is 4.20. The van der Waals surface area contributed by atoms with Gasteiger partial charge in [-0.2, -0.15) is 0 Å². The van der Waals surface area contributed by atoms with Crippen molar-refractivity contribution < 1.29 is 4.39 Å². The van der Waals surface area contributed by atoms with Gasteiger partial charge in [0.05, 0.1) is 11.7 Å². The molecule has 1 rings (SSSR count). The van der Waals surface area contributed by atoms with E-state index in [2.05, 4.69) is 10.7 Å². The molecule has 0 spiro atoms. The SMILES string of the molecule is NNCNCc1ccc(F)c(Cl)c1. The first kappa shape index (κ1) is 10.4. The van der Waals surface area contributed by atoms with E-state index in [9.17, 15) is 4.39 Å². The second-order valence-electron chi connectivity index (χ2n) is 2.56. The molecule has 0 atom stereocenters. The summed E-state index contributed by atoms with van der Waals surface area (Å²) in [6, 6.07) is 4.60. The van der Waals surface area contributed by atoms with Crippen LogP contribution in [-0.2, 0) is 6.54 Å². The largest absolute Gasteiger partial charge is 0.299 e. The van der Waals surface area contributed by atoms with E-state index in [1.807, 2.05) is 0 Å². The number of nitrogens with two attached hydrogens (primary N) is 1. The molecule has 1 aromatic carbocycles. The van der Waals surface area contributed by atoms with Gasteiger partial charge in [0.1, 0.15) is 5.82 Å². The van der Waals surface area contributed by atoms with E-state index in [4.69, 9.17) is 17.4 Å². The Bertz CT molecular complexity index is 280. The van der Waals surface area contributed by atoms with Crippen LogP contribution in [-0.4, -0.2) is 6.67 Å². The maximum atomic E-state index is 12.7. The van der Waals surface area contributed by atoms with Crippen molar-refractivity contribution in [2.45, 2.75) is 6.54 Å². The highest BCUT2D eigenvalue weighted by Gasteiger charge is 1.99. The smallest absolute Gasteiger partial charge is 0.141 e. The Hall–Kier alpha value is -0.680. The van der Waals surface area contributed by atoms with Crippen LogP contribution < -0.4 is 16.6 Å². The van der Waals surface area contributed by atoms with Gasteiger partial charge in [-0.1, -0.05) is 17.7 Å². The van der Waals surface area contributed by atoms with Crippen molar-refractivity contribution in [3.63, 3.8) is 0 Å². The monoisotopic (exact) mass is 203 g/mol. The predicted octanol–water partition coefficient (Wildman–Crippen LogP) is 0.990. The van der Waals surface area contributed by atoms with Gasteiger partial charge in [0.15, 0.2) is 0 Å². The highest BCUT2D eigenvalue weighted by Crippen LogP contribution is 2.15. The maximum Gasteiger partial charge on any atom is 0.141 e. The molecule has 3 nitrogen and oxygen atoms in total. The molecule has 1 aromatic rings. The van der Waals surface area contributed by atoms with Gasteiger partial charge in [0.2, 0.25) is 0 Å². The van der Waals surface area contributed by atoms with Gasteiger partial charge in [0, 0.05) is 6.54 Å². The van der Waals surface area contributed by atoms with Crippen LogP contribution in [0.15, 0.2) is 18.2 Å². The number of hydrogen-bond donors (Lipinski definition) is 3. The van der Waals surface area contributed by atoms with Crippen molar-refractivity contribution in [1.82, 2.24) is 10.7 Å². The van der Waals surface area contributed by atoms with Crippen molar-refractivity contribution in [2.24, 2.45) is 5.84 Å². The summed E-state index contributed by atoms with van der Waals surface area (Å²) in [7, 11) is 0. The summed E-state index contributed by atoms with van der Waals surface area (Å²) in [5, 5.41) is 3.12. The molecule has 0 aliphatic carbocycles. The second-order valence-corrected chi connectivity index (χ2v) is 2.96. The van der Waals surface area contributed by atoms with Crippen LogP contribution in [0.4, 0.5) is 4.39 Å². The number of nitrogens with one attached hydrogen (secondary N) is 2. The normalized spacial score (nSPS) is 10.4. The number of halogens is 2. The Morgan fingerprint density at radius 2 is 2.23 bits per heavy atom. The minimum Gasteiger partial charge on any atom is -0.299 e. The van der Waals surface area contributed by atoms with Crippen LogP contribution in [0.5, 0.6) is 0 Å². The Balaban J connectivity index is 2.53. The molecular formula is C8H11ClFN3. The third-order valence-electron chi connectivity index (χ3n) is 1.54. The topological polar surface area (TPSA) is 50.1 Å². The summed E-state index contributed by atoms with van der Waals surface area (Å²) in [6.07, 6.45) is 0. The highest BCUT2D eigenvalue weighted by molar-refractivity contribution is 6.30. The first-order valence-electron chi connectivity index (χ1n) is 3.82. The lowest BCUT2D eigenvalue weighted by Crippen LogP contribution is -2.33. The molecule has 0 saturated heterocycles. The zero-order chi connectivity index (χ0) is 9.68. The van der Waals surface area contributed by atoms with Crippen molar-refractivity contribution in [3.8, 4) is 0 Å². The van der Waals surface area contributed by atoms with E-state index >= 15 is 0 Å². The molecule has 0 saturated carbocycles. The van der Waals surface area contributed by atoms with E-state index in [-0.39, 0.29) is 5.02 Å². The van der Waals surface area contributed by atoms with Gasteiger partial charge in [-0.15, -0.1) is 0 Å². The van der Waals surface area contributed by atoms with Gasteiger partial charge in [0.25, 0.3) is 0 Å². The van der Waals surface area contributed by atoms with Gasteiger partial charge in [-0.25, -0.2) is 9.82 Å². The summed E-state index contributed by atoms with van der Waals surface area (Å²) in [5.74, 6) is 4.65. The zero-order valence-corrected chi connectivity index (χ0v) is 7.74. The van der Waals surface area contributed by atoms with Crippen molar-refractivity contribution >= 4 is 11.6 Å². The van der Waals surface area contributed by atoms with Crippen LogP contribution in [0.2, 0.25) is 5.02 Å². The van der Waals surface area contributed by atoms with Crippen molar-refractivity contribution in [1.29, 1.82) is 0 Å². The van der Waals surface area contributed by atoms with E-state index < -0.39 is 5.82 Å². The number of hydrazine groups is 1. The van der Waals surface area contributed by atoms with Gasteiger partial charge < -0.3 is 0 Å². The van der Waals surface area contributed by atoms with Crippen LogP contribution >= 0.6 is 11.6 Å². The summed E-state index contributed by atoms with van der Waals surface area (Å²) in [5.41, 5.74) is 3.36. The van der Waals surface area contributed by atoms with E-state index in [0.717, 1.165) is 5.56 Å². The lowest BCUT2D eigenvalue weighted by molar-refractivity contribution is 0.598. The van der Waals surface area contributed by atoms with Crippen LogP contribution in [0, 0.1) is 5.82 Å². The summed E-state index contributed by atoms with van der Waals surface area (Å²) in [6.45, 7) is 1.10. The van der Waals surface area contributed by atoms with Crippen molar-refractivity contribution in [3.05, 3.63) is 34.6 Å². The summed E-state index contributed by atoms with van der Waals surface area (Å²) in [4.78, 5) is 0. The molecule has 72 valence electrons. The number of rotatable bonds is 4. The lowest BCUT2D eigenvalue weighted by atomic mass is 10.2. The van der Waals surface area contributed by atoms with E-state index in [1.165, 1.54) is 6.07 Å². The molecule has 0 heterocycles. The molecule has 0 fully saturated rings. The quantitative estimate of drug-likeness (QED) is 0.296. The molecule has 0 aliphatic rings. The van der Waals surface area contributed by atoms with Crippen LogP contribution in [0.25, 0.3) is 0 Å². The third kappa shape index (κ3) is 3.28. The van der Waals surface area contributed by atoms with Crippen molar-refractivity contribution in [2.75, 3.05) is 6.67 Å². The first-order chi connectivity index (χ1) is 6.24. The maximum absolute atomic E-state index is 12.7. The molecule has 0 aliphatic heterocycles. The average Bonchev–Trinajstić information content (AvgIpc) is 2.12. The van der Waals surface area contributed by atoms with Gasteiger partial charge >= 0.3 is 0 Å². The Morgan fingerprint density at radius 3 is 2.85 bits per heavy atom. The highest BCUT2D eigenvalue weighted by atomic mass is 35.5. The second kappa shape index (κ2) is 5.14. The molecule has 13 heavy (non-hydrogen) atoms. The molecule has 0 radical (unpaired) electrons. The van der Waals surface area contributed by atoms with Gasteiger partial charge in [-0.3, -0.25) is 11.2 Å². The fourth-order valence-corrected chi connectivity index (χ4v) is 1.13. The molecule has 0 aromatic heterocycles. The van der Waals surface area contributed by atoms with E-state index in [1.54, 1.807) is 12.1 Å². The molecular weight excluding hydrogens is 193 g/mol. The van der Waals surface area contributed by atoms with Crippen LogP contribution in [0.1, 0.15) is 5.56 Å². The number of benzene rings is 1. The molecule has 5 heteroatoms. The van der Waals surface area contributed by atoms with Gasteiger partial charge in [-0.05, 0) is 17.7 Å². The molecule has 0 bridgehead atoms. The zero-order valence-electron chi connectivity index (χ0n) is 6.98. The minimum absolute atomic E-state index is 0.139. The van der Waals surface area contributed by atoms with Crippen LogP contribution in [0.3, 0.4) is 0 Å². The predicted molar refractivity (Wildman–Crippen MR) is 50.4 cm³/mol. The molecule has 0 amide bonds. The Labute approximate surface area is 81.0 Å². The standard InChI is InChI=1S/C8H11ClFN3/c9-7-3-6(1-2-8(7)10)4-12-5-13-11/h1-3,12-13H,4-5,11H2. The summed E-state index contributed by atoms with van der Waals surface area (Å²) < 4.78 is 12.7. The average molecular weight is 204 g/mol.